The summed E-state index contributed by atoms with van der Waals surface area (Å²) in [5.41, 5.74) is 1.29. The molecule has 226 valence electrons. The predicted molar refractivity (Wildman–Crippen MR) is 162 cm³/mol. The molecule has 0 radical (unpaired) electrons. The van der Waals surface area contributed by atoms with Crippen LogP contribution in [0.5, 0.6) is 0 Å². The van der Waals surface area contributed by atoms with Gasteiger partial charge in [0.25, 0.3) is 0 Å². The van der Waals surface area contributed by atoms with Crippen LogP contribution in [-0.4, -0.2) is 28.2 Å². The van der Waals surface area contributed by atoms with E-state index in [4.69, 9.17) is 0 Å². The first-order valence-corrected chi connectivity index (χ1v) is 17.3. The molecule has 3 heteroatoms. The first-order chi connectivity index (χ1) is 18.7. The molecule has 0 amide bonds. The van der Waals surface area contributed by atoms with Crippen LogP contribution in [0.4, 0.5) is 0 Å². The van der Waals surface area contributed by atoms with Crippen molar-refractivity contribution in [2.24, 2.45) is 81.3 Å². The molecule has 6 aliphatic rings. The van der Waals surface area contributed by atoms with Gasteiger partial charge in [0.2, 0.25) is 0 Å². The van der Waals surface area contributed by atoms with Gasteiger partial charge < -0.3 is 10.2 Å². The quantitative estimate of drug-likeness (QED) is 0.340. The maximum absolute atomic E-state index is 15.1. The van der Waals surface area contributed by atoms with Gasteiger partial charge in [0.1, 0.15) is 5.78 Å². The minimum absolute atomic E-state index is 0.0347. The molecule has 2 N–H and O–H groups in total. The predicted octanol–water partition coefficient (Wildman–Crippen LogP) is 8.08. The van der Waals surface area contributed by atoms with Crippen molar-refractivity contribution in [3.8, 4) is 0 Å². The molecule has 5 saturated carbocycles. The van der Waals surface area contributed by atoms with Crippen molar-refractivity contribution < 1.29 is 15.0 Å². The van der Waals surface area contributed by atoms with Crippen molar-refractivity contribution in [1.82, 2.24) is 0 Å². The first-order valence-electron chi connectivity index (χ1n) is 17.3. The fraction of sp³-hybridized carbons (Fsp3) is 0.919. The zero-order valence-electron chi connectivity index (χ0n) is 27.2. The summed E-state index contributed by atoms with van der Waals surface area (Å²) in [5.74, 6) is 5.91. The van der Waals surface area contributed by atoms with E-state index in [0.717, 1.165) is 35.3 Å². The second kappa shape index (κ2) is 9.67. The molecular formula is C37H60O3. The van der Waals surface area contributed by atoms with E-state index in [0.29, 0.717) is 35.4 Å². The van der Waals surface area contributed by atoms with Crippen molar-refractivity contribution >= 4 is 5.78 Å². The third-order valence-electron chi connectivity index (χ3n) is 16.2. The van der Waals surface area contributed by atoms with Crippen LogP contribution in [0.3, 0.4) is 0 Å². The minimum Gasteiger partial charge on any atom is -0.389 e. The third kappa shape index (κ3) is 3.58. The largest absolute Gasteiger partial charge is 0.389 e. The lowest BCUT2D eigenvalue weighted by Gasteiger charge is -2.73. The third-order valence-corrected chi connectivity index (χ3v) is 16.2. The van der Waals surface area contributed by atoms with Gasteiger partial charge in [-0.3, -0.25) is 4.79 Å². The number of ketones is 1. The van der Waals surface area contributed by atoms with E-state index >= 15 is 4.79 Å². The van der Waals surface area contributed by atoms with Gasteiger partial charge in [-0.25, -0.2) is 0 Å². The Bertz CT molecular complexity index is 1050. The number of fused-ring (bicyclic) bond motifs is 4. The Morgan fingerprint density at radius 1 is 0.875 bits per heavy atom. The van der Waals surface area contributed by atoms with E-state index in [1.54, 1.807) is 6.92 Å². The summed E-state index contributed by atoms with van der Waals surface area (Å²) < 4.78 is 0. The van der Waals surface area contributed by atoms with Gasteiger partial charge in [0, 0.05) is 17.3 Å². The highest BCUT2D eigenvalue weighted by Crippen LogP contribution is 2.75. The summed E-state index contributed by atoms with van der Waals surface area (Å²) in [4.78, 5) is 15.1. The maximum atomic E-state index is 15.1. The standard InChI is InChI=1S/C37H60O3/c1-19-14-15-28(27-16-25-12-10-11-13-26(25)17-27)31-21(3)36(8)24(6)35(7)18-20(2)29(23(5)38)34(40)37(35,9)22(4)32(36)33(39)30(19)31/h19,21-28,30-32,34,38,40H,10-18H2,1-9H3/t19?,21-,22?,23?,24+,25?,26?,27?,28?,30?,31?,32?,34?,35+,36-,37+/m0/s1. The second-order valence-corrected chi connectivity index (χ2v) is 17.1. The van der Waals surface area contributed by atoms with Gasteiger partial charge in [-0.05, 0) is 116 Å². The molecular weight excluding hydrogens is 492 g/mol. The van der Waals surface area contributed by atoms with Gasteiger partial charge in [-0.1, -0.05) is 79.7 Å². The molecule has 0 aliphatic heterocycles. The van der Waals surface area contributed by atoms with E-state index in [9.17, 15) is 10.2 Å². The Kier molecular flexibility index (Phi) is 7.11. The highest BCUT2D eigenvalue weighted by molar-refractivity contribution is 5.87. The van der Waals surface area contributed by atoms with E-state index in [2.05, 4.69) is 55.4 Å². The van der Waals surface area contributed by atoms with Crippen LogP contribution < -0.4 is 0 Å². The lowest BCUT2D eigenvalue weighted by Crippen LogP contribution is -2.72. The van der Waals surface area contributed by atoms with Gasteiger partial charge in [0.05, 0.1) is 12.2 Å². The summed E-state index contributed by atoms with van der Waals surface area (Å²) in [6, 6.07) is 0. The average molecular weight is 553 g/mol. The van der Waals surface area contributed by atoms with Gasteiger partial charge in [-0.2, -0.15) is 0 Å². The topological polar surface area (TPSA) is 57.5 Å². The smallest absolute Gasteiger partial charge is 0.140 e. The SMILES string of the molecule is CC1=C(C(C)O)C(O)[C@@]2(C)C(C)C3C(=O)C4C(C)CCC(C5CC6CCCCC6C5)C4[C@H](C)[C@@]3(C)[C@H](C)[C@@]2(C)C1. The Hall–Kier alpha value is -0.670. The number of hydrogen-bond acceptors (Lipinski definition) is 3. The minimum atomic E-state index is -0.715. The van der Waals surface area contributed by atoms with Crippen LogP contribution in [0, 0.1) is 81.3 Å². The molecule has 5 fully saturated rings. The summed E-state index contributed by atoms with van der Waals surface area (Å²) in [5, 5.41) is 22.8. The molecule has 0 bridgehead atoms. The average Bonchev–Trinajstić information content (AvgIpc) is 3.33. The van der Waals surface area contributed by atoms with Crippen molar-refractivity contribution in [2.75, 3.05) is 0 Å². The number of carbonyl (C=O) groups is 1. The van der Waals surface area contributed by atoms with E-state index in [1.165, 1.54) is 51.4 Å². The van der Waals surface area contributed by atoms with Crippen LogP contribution in [0.15, 0.2) is 11.1 Å². The van der Waals surface area contributed by atoms with E-state index in [1.807, 2.05) is 0 Å². The number of aliphatic hydroxyl groups is 2. The summed E-state index contributed by atoms with van der Waals surface area (Å²) >= 11 is 0. The van der Waals surface area contributed by atoms with Gasteiger partial charge in [-0.15, -0.1) is 0 Å². The van der Waals surface area contributed by atoms with Crippen LogP contribution in [-0.2, 0) is 4.79 Å². The number of Topliss-reactive ketones (excluding diaryl/α,β-unsaturated/α-hetero) is 1. The maximum Gasteiger partial charge on any atom is 0.140 e. The van der Waals surface area contributed by atoms with E-state index < -0.39 is 17.6 Å². The van der Waals surface area contributed by atoms with Crippen LogP contribution in [0.2, 0.25) is 0 Å². The summed E-state index contributed by atoms with van der Waals surface area (Å²) in [6.45, 7) is 20.8. The molecule has 0 saturated heterocycles. The molecule has 10 unspecified atom stereocenters. The molecule has 0 aromatic heterocycles. The molecule has 6 aliphatic carbocycles. The van der Waals surface area contributed by atoms with Crippen LogP contribution in [0.1, 0.15) is 120 Å². The molecule has 0 aromatic rings. The highest BCUT2D eigenvalue weighted by atomic mass is 16.3. The van der Waals surface area contributed by atoms with E-state index in [-0.39, 0.29) is 28.6 Å². The number of hydrogen-bond donors (Lipinski definition) is 2. The van der Waals surface area contributed by atoms with Crippen molar-refractivity contribution in [3.63, 3.8) is 0 Å². The molecule has 40 heavy (non-hydrogen) atoms. The lowest BCUT2D eigenvalue weighted by atomic mass is 9.30. The fourth-order valence-electron chi connectivity index (χ4n) is 13.7. The number of rotatable bonds is 2. The molecule has 6 rings (SSSR count). The molecule has 0 heterocycles. The summed E-state index contributed by atoms with van der Waals surface area (Å²) in [7, 11) is 0. The van der Waals surface area contributed by atoms with Crippen LogP contribution >= 0.6 is 0 Å². The zero-order chi connectivity index (χ0) is 29.1. The van der Waals surface area contributed by atoms with Crippen molar-refractivity contribution in [1.29, 1.82) is 0 Å². The number of allylic oxidation sites excluding steroid dienone is 1. The van der Waals surface area contributed by atoms with Crippen molar-refractivity contribution in [2.45, 2.75) is 132 Å². The fourth-order valence-corrected chi connectivity index (χ4v) is 13.7. The normalized spacial score (nSPS) is 57.1. The van der Waals surface area contributed by atoms with Gasteiger partial charge in [0.15, 0.2) is 0 Å². The Balaban J connectivity index is 1.43. The Morgan fingerprint density at radius 3 is 2.05 bits per heavy atom. The number of carbonyl (C=O) groups excluding carboxylic acids is 1. The lowest BCUT2D eigenvalue weighted by molar-refractivity contribution is -0.252. The molecule has 15 atom stereocenters. The zero-order valence-corrected chi connectivity index (χ0v) is 27.2. The summed E-state index contributed by atoms with van der Waals surface area (Å²) in [6.07, 6.45) is 10.6. The number of aliphatic hydroxyl groups excluding tert-OH is 2. The Labute approximate surface area is 245 Å². The molecule has 3 nitrogen and oxygen atoms in total. The van der Waals surface area contributed by atoms with Crippen molar-refractivity contribution in [3.05, 3.63) is 11.1 Å². The van der Waals surface area contributed by atoms with Crippen LogP contribution in [0.25, 0.3) is 0 Å². The monoisotopic (exact) mass is 552 g/mol. The molecule has 0 spiro atoms. The Morgan fingerprint density at radius 2 is 1.48 bits per heavy atom. The second-order valence-electron chi connectivity index (χ2n) is 17.1. The van der Waals surface area contributed by atoms with Gasteiger partial charge >= 0.3 is 0 Å². The molecule has 0 aromatic carbocycles. The highest BCUT2D eigenvalue weighted by Gasteiger charge is 2.73. The first kappa shape index (κ1) is 29.4.